The molecule has 0 aromatic heterocycles. The van der Waals surface area contributed by atoms with Crippen molar-refractivity contribution in [2.45, 2.75) is 57.7 Å². The van der Waals surface area contributed by atoms with E-state index in [2.05, 4.69) is 5.73 Å². The summed E-state index contributed by atoms with van der Waals surface area (Å²) in [6, 6.07) is 0.0208. The Morgan fingerprint density at radius 1 is 1.44 bits per heavy atom. The van der Waals surface area contributed by atoms with Crippen LogP contribution in [0, 0.1) is 5.92 Å². The predicted molar refractivity (Wildman–Crippen MR) is 65.4 cm³/mol. The summed E-state index contributed by atoms with van der Waals surface area (Å²) in [4.78, 5) is 25.6. The van der Waals surface area contributed by atoms with Gasteiger partial charge in [-0.3, -0.25) is 9.59 Å². The number of ether oxygens (including phenoxy) is 1. The zero-order chi connectivity index (χ0) is 13.5. The summed E-state index contributed by atoms with van der Waals surface area (Å²) in [6.45, 7) is 5.57. The van der Waals surface area contributed by atoms with Gasteiger partial charge >= 0.3 is 5.97 Å². The average molecular weight is 255 g/mol. The molecule has 1 saturated heterocycles. The van der Waals surface area contributed by atoms with E-state index in [0.29, 0.717) is 5.92 Å². The van der Waals surface area contributed by atoms with Crippen LogP contribution in [0.4, 0.5) is 0 Å². The van der Waals surface area contributed by atoms with Crippen LogP contribution >= 0.6 is 0 Å². The maximum absolute atomic E-state index is 12.1. The second-order valence-electron chi connectivity index (χ2n) is 6.32. The third kappa shape index (κ3) is 2.51. The molecule has 3 atom stereocenters. The fourth-order valence-corrected chi connectivity index (χ4v) is 3.09. The minimum atomic E-state index is -0.501. The van der Waals surface area contributed by atoms with Gasteiger partial charge in [-0.05, 0) is 33.6 Å². The molecule has 0 bridgehead atoms. The molecule has 0 spiro atoms. The molecule has 0 aromatic rings. The van der Waals surface area contributed by atoms with Crippen molar-refractivity contribution in [3.05, 3.63) is 0 Å². The molecule has 2 fully saturated rings. The van der Waals surface area contributed by atoms with Crippen LogP contribution in [0.25, 0.3) is 0 Å². The fraction of sp³-hybridized carbons (Fsp3) is 0.846. The number of nitrogens with zero attached hydrogens (tertiary/aromatic N) is 1. The zero-order valence-electron chi connectivity index (χ0n) is 11.4. The first-order chi connectivity index (χ1) is 8.29. The summed E-state index contributed by atoms with van der Waals surface area (Å²) in [6.07, 6.45) is 3.17. The molecule has 1 aliphatic carbocycles. The number of likely N-dealkylation sites (tertiary alicyclic amines) is 1. The second kappa shape index (κ2) is 4.53. The number of fused-ring (bicyclic) bond motifs is 1. The normalized spacial score (nSPS) is 31.7. The van der Waals surface area contributed by atoms with Crippen LogP contribution in [0.15, 0.2) is 0 Å². The van der Waals surface area contributed by atoms with E-state index >= 15 is 0 Å². The molecule has 0 unspecified atom stereocenters. The van der Waals surface area contributed by atoms with E-state index in [1.54, 1.807) is 4.90 Å². The summed E-state index contributed by atoms with van der Waals surface area (Å²) in [5.41, 5.74) is 3.45. The largest absolute Gasteiger partial charge is 0.459 e. The van der Waals surface area contributed by atoms with Gasteiger partial charge in [0.05, 0.1) is 0 Å². The topological polar surface area (TPSA) is 74.2 Å². The highest BCUT2D eigenvalue weighted by Gasteiger charge is 2.51. The molecule has 3 N–H and O–H groups in total. The van der Waals surface area contributed by atoms with Crippen molar-refractivity contribution in [1.82, 2.24) is 4.90 Å². The first-order valence-corrected chi connectivity index (χ1v) is 6.65. The van der Waals surface area contributed by atoms with Crippen LogP contribution in [0.3, 0.4) is 0 Å². The van der Waals surface area contributed by atoms with Crippen LogP contribution in [0.2, 0.25) is 0 Å². The molecule has 2 rings (SSSR count). The number of carbonyl (C=O) groups excluding carboxylic acids is 2. The SMILES string of the molecule is CC(C)(C)OC(=O)CN1C(=O)[C@@H]([NH3+])[C@H]2CCC[C@@H]21. The van der Waals surface area contributed by atoms with Crippen LogP contribution < -0.4 is 5.73 Å². The molecule has 0 aromatic carbocycles. The van der Waals surface area contributed by atoms with Gasteiger partial charge in [0.15, 0.2) is 6.04 Å². The van der Waals surface area contributed by atoms with Crippen molar-refractivity contribution < 1.29 is 20.1 Å². The first-order valence-electron chi connectivity index (χ1n) is 6.65. The summed E-state index contributed by atoms with van der Waals surface area (Å²) >= 11 is 0. The van der Waals surface area contributed by atoms with Gasteiger partial charge in [0.1, 0.15) is 12.1 Å². The number of hydrogen-bond acceptors (Lipinski definition) is 3. The highest BCUT2D eigenvalue weighted by molar-refractivity contribution is 5.87. The van der Waals surface area contributed by atoms with Crippen LogP contribution in [-0.4, -0.2) is 41.0 Å². The van der Waals surface area contributed by atoms with E-state index in [0.717, 1.165) is 19.3 Å². The van der Waals surface area contributed by atoms with Crippen molar-refractivity contribution in [1.29, 1.82) is 0 Å². The number of rotatable bonds is 2. The molecule has 1 aliphatic heterocycles. The Labute approximate surface area is 108 Å². The van der Waals surface area contributed by atoms with E-state index in [1.807, 2.05) is 20.8 Å². The number of amides is 1. The predicted octanol–water partition coefficient (Wildman–Crippen LogP) is -0.0505. The standard InChI is InChI=1S/C13H22N2O3/c1-13(2,3)18-10(16)7-15-9-6-4-5-8(9)11(14)12(15)17/h8-9,11H,4-7,14H2,1-3H3/p+1/t8-,9-,11-/m0/s1. The molecule has 2 aliphatic rings. The van der Waals surface area contributed by atoms with E-state index in [-0.39, 0.29) is 30.5 Å². The Morgan fingerprint density at radius 3 is 2.72 bits per heavy atom. The van der Waals surface area contributed by atoms with Gasteiger partial charge < -0.3 is 15.4 Å². The maximum Gasteiger partial charge on any atom is 0.326 e. The number of hydrogen-bond donors (Lipinski definition) is 1. The van der Waals surface area contributed by atoms with E-state index in [9.17, 15) is 9.59 Å². The zero-order valence-corrected chi connectivity index (χ0v) is 11.4. The highest BCUT2D eigenvalue weighted by Crippen LogP contribution is 2.37. The van der Waals surface area contributed by atoms with Gasteiger partial charge in [-0.2, -0.15) is 0 Å². The lowest BCUT2D eigenvalue weighted by molar-refractivity contribution is -0.411. The molecule has 0 radical (unpaired) electrons. The Hall–Kier alpha value is -1.10. The van der Waals surface area contributed by atoms with E-state index in [1.165, 1.54) is 0 Å². The molecule has 5 nitrogen and oxygen atoms in total. The van der Waals surface area contributed by atoms with Crippen molar-refractivity contribution in [2.75, 3.05) is 6.54 Å². The maximum atomic E-state index is 12.1. The van der Waals surface area contributed by atoms with Crippen LogP contribution in [0.5, 0.6) is 0 Å². The lowest BCUT2D eigenvalue weighted by Crippen LogP contribution is -2.66. The second-order valence-corrected chi connectivity index (χ2v) is 6.32. The summed E-state index contributed by atoms with van der Waals surface area (Å²) < 4.78 is 5.28. The number of esters is 1. The smallest absolute Gasteiger partial charge is 0.326 e. The van der Waals surface area contributed by atoms with Crippen molar-refractivity contribution >= 4 is 11.9 Å². The summed E-state index contributed by atoms with van der Waals surface area (Å²) in [5, 5.41) is 0. The minimum absolute atomic E-state index is 0.00978. The lowest BCUT2D eigenvalue weighted by Gasteiger charge is -2.25. The van der Waals surface area contributed by atoms with Gasteiger partial charge in [0, 0.05) is 12.0 Å². The molecule has 1 saturated carbocycles. The first kappa shape index (κ1) is 13.3. The van der Waals surface area contributed by atoms with Gasteiger partial charge in [0.25, 0.3) is 5.91 Å². The summed E-state index contributed by atoms with van der Waals surface area (Å²) in [7, 11) is 0. The molecule has 1 heterocycles. The van der Waals surface area contributed by atoms with E-state index < -0.39 is 5.60 Å². The van der Waals surface area contributed by atoms with Gasteiger partial charge in [-0.1, -0.05) is 6.42 Å². The average Bonchev–Trinajstić information content (AvgIpc) is 2.76. The Balaban J connectivity index is 2.00. The Kier molecular flexibility index (Phi) is 3.36. The van der Waals surface area contributed by atoms with Crippen molar-refractivity contribution in [2.24, 2.45) is 5.92 Å². The molecule has 102 valence electrons. The molecular formula is C13H23N2O3+. The Bertz CT molecular complexity index is 362. The monoisotopic (exact) mass is 255 g/mol. The fourth-order valence-electron chi connectivity index (χ4n) is 3.09. The van der Waals surface area contributed by atoms with Gasteiger partial charge in [-0.25, -0.2) is 0 Å². The quantitative estimate of drug-likeness (QED) is 0.703. The molecule has 1 amide bonds. The van der Waals surface area contributed by atoms with Crippen molar-refractivity contribution in [3.8, 4) is 0 Å². The van der Waals surface area contributed by atoms with Crippen LogP contribution in [-0.2, 0) is 14.3 Å². The van der Waals surface area contributed by atoms with Crippen LogP contribution in [0.1, 0.15) is 40.0 Å². The molecule has 18 heavy (non-hydrogen) atoms. The van der Waals surface area contributed by atoms with Gasteiger partial charge in [-0.15, -0.1) is 0 Å². The summed E-state index contributed by atoms with van der Waals surface area (Å²) in [5.74, 6) is 0.0195. The van der Waals surface area contributed by atoms with E-state index in [4.69, 9.17) is 4.74 Å². The van der Waals surface area contributed by atoms with Crippen molar-refractivity contribution in [3.63, 3.8) is 0 Å². The highest BCUT2D eigenvalue weighted by atomic mass is 16.6. The number of quaternary nitrogens is 1. The Morgan fingerprint density at radius 2 is 2.11 bits per heavy atom. The lowest BCUT2D eigenvalue weighted by atomic mass is 10.00. The number of carbonyl (C=O) groups is 2. The third-order valence-electron chi connectivity index (χ3n) is 3.77. The van der Waals surface area contributed by atoms with Gasteiger partial charge in [0.2, 0.25) is 0 Å². The third-order valence-corrected chi connectivity index (χ3v) is 3.77. The molecule has 5 heteroatoms. The molecular weight excluding hydrogens is 232 g/mol. The minimum Gasteiger partial charge on any atom is -0.459 e.